The van der Waals surface area contributed by atoms with Crippen molar-refractivity contribution in [3.05, 3.63) is 35.1 Å². The summed E-state index contributed by atoms with van der Waals surface area (Å²) in [6.07, 6.45) is 4.41. The standard InChI is InChI=1S/C16H19F3/c17-13-4-5-14(15(10-13)11-2-1-3-11)12-6-8-16(18,19)9-7-12/h4-5,10-12H,1-3,6-9H2. The van der Waals surface area contributed by atoms with E-state index in [0.29, 0.717) is 18.8 Å². The summed E-state index contributed by atoms with van der Waals surface area (Å²) in [4.78, 5) is 0. The highest BCUT2D eigenvalue weighted by molar-refractivity contribution is 5.35. The number of halogens is 3. The van der Waals surface area contributed by atoms with Gasteiger partial charge in [0.15, 0.2) is 0 Å². The molecule has 3 rings (SSSR count). The average Bonchev–Trinajstić information content (AvgIpc) is 2.28. The Bertz CT molecular complexity index is 453. The fraction of sp³-hybridized carbons (Fsp3) is 0.625. The smallest absolute Gasteiger partial charge is 0.207 e. The van der Waals surface area contributed by atoms with Crippen LogP contribution in [0.5, 0.6) is 0 Å². The molecule has 104 valence electrons. The van der Waals surface area contributed by atoms with Crippen molar-refractivity contribution in [3.63, 3.8) is 0 Å². The molecule has 2 aliphatic rings. The maximum atomic E-state index is 13.4. The second-order valence-electron chi connectivity index (χ2n) is 6.03. The van der Waals surface area contributed by atoms with Crippen LogP contribution in [0.25, 0.3) is 0 Å². The minimum Gasteiger partial charge on any atom is -0.207 e. The minimum atomic E-state index is -2.49. The Hall–Kier alpha value is -0.990. The quantitative estimate of drug-likeness (QED) is 0.675. The second kappa shape index (κ2) is 4.84. The highest BCUT2D eigenvalue weighted by atomic mass is 19.3. The van der Waals surface area contributed by atoms with Gasteiger partial charge in [-0.05, 0) is 60.8 Å². The molecule has 19 heavy (non-hydrogen) atoms. The van der Waals surface area contributed by atoms with E-state index in [1.807, 2.05) is 6.07 Å². The molecule has 0 N–H and O–H groups in total. The number of benzene rings is 1. The zero-order valence-electron chi connectivity index (χ0n) is 11.0. The first-order valence-corrected chi connectivity index (χ1v) is 7.22. The van der Waals surface area contributed by atoms with E-state index >= 15 is 0 Å². The van der Waals surface area contributed by atoms with Crippen LogP contribution in [0.3, 0.4) is 0 Å². The Kier molecular flexibility index (Phi) is 3.32. The van der Waals surface area contributed by atoms with Gasteiger partial charge in [-0.25, -0.2) is 13.2 Å². The van der Waals surface area contributed by atoms with Crippen LogP contribution in [-0.4, -0.2) is 5.92 Å². The van der Waals surface area contributed by atoms with Crippen molar-refractivity contribution >= 4 is 0 Å². The summed E-state index contributed by atoms with van der Waals surface area (Å²) in [5.74, 6) is -2.05. The molecule has 0 bridgehead atoms. The molecule has 0 spiro atoms. The van der Waals surface area contributed by atoms with Gasteiger partial charge >= 0.3 is 0 Å². The molecule has 0 heterocycles. The van der Waals surface area contributed by atoms with Crippen molar-refractivity contribution < 1.29 is 13.2 Å². The summed E-state index contributed by atoms with van der Waals surface area (Å²) in [5.41, 5.74) is 2.21. The van der Waals surface area contributed by atoms with Gasteiger partial charge in [-0.2, -0.15) is 0 Å². The van der Waals surface area contributed by atoms with Crippen molar-refractivity contribution in [1.82, 2.24) is 0 Å². The van der Waals surface area contributed by atoms with E-state index < -0.39 is 5.92 Å². The molecule has 0 aromatic heterocycles. The Morgan fingerprint density at radius 3 is 2.11 bits per heavy atom. The number of hydrogen-bond donors (Lipinski definition) is 0. The molecule has 0 unspecified atom stereocenters. The van der Waals surface area contributed by atoms with Crippen molar-refractivity contribution in [1.29, 1.82) is 0 Å². The zero-order valence-corrected chi connectivity index (χ0v) is 11.0. The number of alkyl halides is 2. The third-order valence-electron chi connectivity index (χ3n) is 4.75. The lowest BCUT2D eigenvalue weighted by molar-refractivity contribution is -0.0383. The van der Waals surface area contributed by atoms with Crippen molar-refractivity contribution in [3.8, 4) is 0 Å². The van der Waals surface area contributed by atoms with Crippen LogP contribution in [0, 0.1) is 5.82 Å². The van der Waals surface area contributed by atoms with Crippen LogP contribution in [-0.2, 0) is 0 Å². The van der Waals surface area contributed by atoms with Crippen molar-refractivity contribution in [2.45, 2.75) is 62.7 Å². The fourth-order valence-corrected chi connectivity index (χ4v) is 3.34. The van der Waals surface area contributed by atoms with E-state index in [1.165, 1.54) is 12.5 Å². The Labute approximate surface area is 112 Å². The third kappa shape index (κ3) is 2.65. The summed E-state index contributed by atoms with van der Waals surface area (Å²) in [6.45, 7) is 0. The zero-order chi connectivity index (χ0) is 13.5. The van der Waals surface area contributed by atoms with Crippen LogP contribution in [0.2, 0.25) is 0 Å². The summed E-state index contributed by atoms with van der Waals surface area (Å²) < 4.78 is 39.9. The van der Waals surface area contributed by atoms with Crippen molar-refractivity contribution in [2.75, 3.05) is 0 Å². The fourth-order valence-electron chi connectivity index (χ4n) is 3.34. The molecule has 0 aliphatic heterocycles. The predicted octanol–water partition coefficient (Wildman–Crippen LogP) is 5.39. The maximum absolute atomic E-state index is 13.4. The molecule has 0 radical (unpaired) electrons. The molecule has 0 saturated heterocycles. The van der Waals surface area contributed by atoms with E-state index in [4.69, 9.17) is 0 Å². The molecule has 0 atom stereocenters. The van der Waals surface area contributed by atoms with Gasteiger partial charge in [-0.1, -0.05) is 12.5 Å². The van der Waals surface area contributed by atoms with E-state index in [1.54, 1.807) is 6.07 Å². The highest BCUT2D eigenvalue weighted by Gasteiger charge is 2.36. The van der Waals surface area contributed by atoms with E-state index in [2.05, 4.69) is 0 Å². The van der Waals surface area contributed by atoms with E-state index in [0.717, 1.165) is 24.0 Å². The first-order chi connectivity index (χ1) is 9.05. The van der Waals surface area contributed by atoms with Gasteiger partial charge in [0.2, 0.25) is 5.92 Å². The number of rotatable bonds is 2. The molecule has 2 fully saturated rings. The van der Waals surface area contributed by atoms with Gasteiger partial charge < -0.3 is 0 Å². The monoisotopic (exact) mass is 268 g/mol. The molecule has 0 amide bonds. The van der Waals surface area contributed by atoms with E-state index in [9.17, 15) is 13.2 Å². The van der Waals surface area contributed by atoms with Gasteiger partial charge in [-0.15, -0.1) is 0 Å². The van der Waals surface area contributed by atoms with Gasteiger partial charge in [0, 0.05) is 12.8 Å². The molecular formula is C16H19F3. The first kappa shape index (κ1) is 13.0. The van der Waals surface area contributed by atoms with Crippen LogP contribution in [0.15, 0.2) is 18.2 Å². The summed E-state index contributed by atoms with van der Waals surface area (Å²) in [7, 11) is 0. The van der Waals surface area contributed by atoms with Gasteiger partial charge in [0.05, 0.1) is 0 Å². The second-order valence-corrected chi connectivity index (χ2v) is 6.03. The van der Waals surface area contributed by atoms with Gasteiger partial charge in [0.25, 0.3) is 0 Å². The lowest BCUT2D eigenvalue weighted by atomic mass is 9.73. The predicted molar refractivity (Wildman–Crippen MR) is 69.1 cm³/mol. The topological polar surface area (TPSA) is 0 Å². The van der Waals surface area contributed by atoms with Crippen LogP contribution in [0.1, 0.15) is 67.9 Å². The Morgan fingerprint density at radius 1 is 0.895 bits per heavy atom. The molecule has 1 aromatic rings. The molecular weight excluding hydrogens is 249 g/mol. The lowest BCUT2D eigenvalue weighted by Gasteiger charge is -2.33. The summed E-state index contributed by atoms with van der Waals surface area (Å²) in [6, 6.07) is 4.94. The largest absolute Gasteiger partial charge is 0.248 e. The van der Waals surface area contributed by atoms with Crippen molar-refractivity contribution in [2.24, 2.45) is 0 Å². The summed E-state index contributed by atoms with van der Waals surface area (Å²) in [5, 5.41) is 0. The average molecular weight is 268 g/mol. The Morgan fingerprint density at radius 2 is 1.53 bits per heavy atom. The maximum Gasteiger partial charge on any atom is 0.248 e. The molecule has 1 aromatic carbocycles. The molecule has 2 aliphatic carbocycles. The van der Waals surface area contributed by atoms with Crippen LogP contribution in [0.4, 0.5) is 13.2 Å². The normalized spacial score (nSPS) is 24.2. The highest BCUT2D eigenvalue weighted by Crippen LogP contribution is 2.46. The molecule has 2 saturated carbocycles. The first-order valence-electron chi connectivity index (χ1n) is 7.22. The Balaban J connectivity index is 1.84. The summed E-state index contributed by atoms with van der Waals surface area (Å²) >= 11 is 0. The third-order valence-corrected chi connectivity index (χ3v) is 4.75. The number of hydrogen-bond acceptors (Lipinski definition) is 0. The van der Waals surface area contributed by atoms with Gasteiger partial charge in [-0.3, -0.25) is 0 Å². The van der Waals surface area contributed by atoms with E-state index in [-0.39, 0.29) is 24.6 Å². The SMILES string of the molecule is Fc1ccc(C2CCC(F)(F)CC2)c(C2CCC2)c1. The van der Waals surface area contributed by atoms with Gasteiger partial charge in [0.1, 0.15) is 5.82 Å². The molecule has 3 heteroatoms. The lowest BCUT2D eigenvalue weighted by Crippen LogP contribution is -2.24. The minimum absolute atomic E-state index is 0.0286. The van der Waals surface area contributed by atoms with Crippen LogP contribution < -0.4 is 0 Å². The van der Waals surface area contributed by atoms with Crippen LogP contribution >= 0.6 is 0 Å². The molecule has 0 nitrogen and oxygen atoms in total.